The molecule has 0 aliphatic carbocycles. The Morgan fingerprint density at radius 1 is 1.67 bits per heavy atom. The summed E-state index contributed by atoms with van der Waals surface area (Å²) in [5.41, 5.74) is 0. The number of hydrogen-bond acceptors (Lipinski definition) is 5. The van der Waals surface area contributed by atoms with Crippen LogP contribution in [0.5, 0.6) is 0 Å². The summed E-state index contributed by atoms with van der Waals surface area (Å²) >= 11 is 1.84. The van der Waals surface area contributed by atoms with Gasteiger partial charge in [0.25, 0.3) is 0 Å². The Bertz CT molecular complexity index is 346. The Morgan fingerprint density at radius 2 is 2.33 bits per heavy atom. The third-order valence-electron chi connectivity index (χ3n) is 3.31. The van der Waals surface area contributed by atoms with E-state index in [0.717, 1.165) is 12.9 Å². The first-order valence-corrected chi connectivity index (χ1v) is 7.01. The van der Waals surface area contributed by atoms with E-state index in [1.165, 1.54) is 13.2 Å². The monoisotopic (exact) mass is 269 g/mol. The van der Waals surface area contributed by atoms with E-state index in [-0.39, 0.29) is 22.8 Å². The molecular formula is C12H20BNO3S. The molecule has 1 saturated heterocycles. The van der Waals surface area contributed by atoms with Gasteiger partial charge in [0.2, 0.25) is 0 Å². The topological polar surface area (TPSA) is 46.6 Å². The van der Waals surface area contributed by atoms with E-state index < -0.39 is 0 Å². The van der Waals surface area contributed by atoms with Gasteiger partial charge in [0.15, 0.2) is 0 Å². The van der Waals surface area contributed by atoms with Crippen molar-refractivity contribution in [3.05, 3.63) is 12.2 Å². The number of carbonyl (C=O) groups is 1. The Hall–Kier alpha value is -0.615. The van der Waals surface area contributed by atoms with Crippen LogP contribution in [-0.4, -0.2) is 48.2 Å². The molecule has 0 aromatic rings. The minimum atomic E-state index is -0.339. The van der Waals surface area contributed by atoms with Crippen molar-refractivity contribution in [2.45, 2.75) is 31.7 Å². The Kier molecular flexibility index (Phi) is 5.60. The standard InChI is InChI=1S/C12H20BNO3S/c1-9(5-6-11(15)17-4)10-7-18-12(2,3)14(10)8-13-16/h5-6,9-10H,7-8H2,1-4H3/b6-5+. The Labute approximate surface area is 113 Å². The van der Waals surface area contributed by atoms with Gasteiger partial charge in [-0.1, -0.05) is 0 Å². The molecule has 0 spiro atoms. The van der Waals surface area contributed by atoms with Crippen LogP contribution < -0.4 is 0 Å². The third kappa shape index (κ3) is 3.69. The van der Waals surface area contributed by atoms with E-state index in [1.54, 1.807) is 0 Å². The summed E-state index contributed by atoms with van der Waals surface area (Å²) in [7, 11) is 2.31. The van der Waals surface area contributed by atoms with Crippen molar-refractivity contribution < 1.29 is 14.2 Å². The van der Waals surface area contributed by atoms with E-state index in [9.17, 15) is 9.50 Å². The van der Waals surface area contributed by atoms with Gasteiger partial charge in [-0.3, -0.25) is 0 Å². The van der Waals surface area contributed by atoms with Crippen molar-refractivity contribution in [1.29, 1.82) is 0 Å². The van der Waals surface area contributed by atoms with Gasteiger partial charge in [0, 0.05) is 0 Å². The number of thioether (sulfide) groups is 1. The van der Waals surface area contributed by atoms with Crippen molar-refractivity contribution in [3.8, 4) is 0 Å². The average Bonchev–Trinajstić information content (AvgIpc) is 2.62. The molecule has 1 aliphatic rings. The predicted octanol–water partition coefficient (Wildman–Crippen LogP) is 1.51. The van der Waals surface area contributed by atoms with Gasteiger partial charge in [-0.15, -0.1) is 0 Å². The summed E-state index contributed by atoms with van der Waals surface area (Å²) in [6, 6.07) is 0.274. The molecule has 0 bridgehead atoms. The predicted molar refractivity (Wildman–Crippen MR) is 73.8 cm³/mol. The number of esters is 1. The molecule has 1 rings (SSSR count). The van der Waals surface area contributed by atoms with Crippen LogP contribution in [0.2, 0.25) is 0 Å². The average molecular weight is 269 g/mol. The van der Waals surface area contributed by atoms with Crippen molar-refractivity contribution in [2.24, 2.45) is 5.92 Å². The zero-order valence-electron chi connectivity index (χ0n) is 11.4. The molecule has 100 valence electrons. The zero-order chi connectivity index (χ0) is 13.8. The van der Waals surface area contributed by atoms with Gasteiger partial charge in [0.05, 0.1) is 0 Å². The summed E-state index contributed by atoms with van der Waals surface area (Å²) < 4.78 is 15.4. The number of methoxy groups -OCH3 is 1. The first-order valence-electron chi connectivity index (χ1n) is 6.03. The van der Waals surface area contributed by atoms with Crippen molar-refractivity contribution >= 4 is 24.9 Å². The van der Waals surface area contributed by atoms with Crippen LogP contribution in [0.25, 0.3) is 0 Å². The summed E-state index contributed by atoms with van der Waals surface area (Å²) in [4.78, 5) is 13.2. The molecular weight excluding hydrogens is 249 g/mol. The van der Waals surface area contributed by atoms with E-state index >= 15 is 0 Å². The molecule has 18 heavy (non-hydrogen) atoms. The SMILES string of the molecule is COC(=O)/C=C/C(C)C1CSC(C)(C)N1CB=O. The maximum absolute atomic E-state index is 11.1. The van der Waals surface area contributed by atoms with Crippen molar-refractivity contribution in [2.75, 3.05) is 19.3 Å². The maximum atomic E-state index is 11.1. The molecule has 0 saturated carbocycles. The van der Waals surface area contributed by atoms with Gasteiger partial charge >= 0.3 is 113 Å². The third-order valence-corrected chi connectivity index (χ3v) is 4.76. The summed E-state index contributed by atoms with van der Waals surface area (Å²) in [5.74, 6) is 0.833. The quantitative estimate of drug-likeness (QED) is 0.430. The molecule has 1 heterocycles. The van der Waals surface area contributed by atoms with Crippen LogP contribution in [0.15, 0.2) is 12.2 Å². The van der Waals surface area contributed by atoms with Crippen LogP contribution in [0.1, 0.15) is 20.8 Å². The normalized spacial score (nSPS) is 25.0. The van der Waals surface area contributed by atoms with Crippen LogP contribution in [0, 0.1) is 5.92 Å². The molecule has 2 unspecified atom stereocenters. The van der Waals surface area contributed by atoms with Gasteiger partial charge < -0.3 is 0 Å². The molecule has 0 radical (unpaired) electrons. The van der Waals surface area contributed by atoms with Gasteiger partial charge in [-0.25, -0.2) is 0 Å². The van der Waals surface area contributed by atoms with Crippen LogP contribution in [0.4, 0.5) is 0 Å². The first-order chi connectivity index (χ1) is 8.42. The van der Waals surface area contributed by atoms with Crippen LogP contribution in [-0.2, 0) is 14.2 Å². The molecule has 1 aliphatic heterocycles. The second-order valence-electron chi connectivity index (χ2n) is 4.89. The fourth-order valence-corrected chi connectivity index (χ4v) is 3.60. The van der Waals surface area contributed by atoms with E-state index in [4.69, 9.17) is 0 Å². The molecule has 1 fully saturated rings. The minimum absolute atomic E-state index is 0.0288. The van der Waals surface area contributed by atoms with E-state index in [2.05, 4.69) is 30.4 Å². The number of rotatable bonds is 5. The fourth-order valence-electron chi connectivity index (χ4n) is 2.16. The zero-order valence-corrected chi connectivity index (χ0v) is 12.2. The van der Waals surface area contributed by atoms with Crippen LogP contribution >= 0.6 is 11.8 Å². The number of hydrogen-bond donors (Lipinski definition) is 0. The number of nitrogens with zero attached hydrogens (tertiary/aromatic N) is 1. The Balaban J connectivity index is 2.72. The summed E-state index contributed by atoms with van der Waals surface area (Å²) in [6.07, 6.45) is 3.75. The van der Waals surface area contributed by atoms with E-state index in [0.29, 0.717) is 6.44 Å². The second kappa shape index (κ2) is 6.52. The fraction of sp³-hybridized carbons (Fsp3) is 0.750. The molecule has 0 aromatic carbocycles. The van der Waals surface area contributed by atoms with Gasteiger partial charge in [-0.05, 0) is 0 Å². The summed E-state index contributed by atoms with van der Waals surface area (Å²) in [5, 5.41) is 0. The molecule has 0 aromatic heterocycles. The van der Waals surface area contributed by atoms with Crippen LogP contribution in [0.3, 0.4) is 0 Å². The van der Waals surface area contributed by atoms with E-state index in [1.807, 2.05) is 17.8 Å². The van der Waals surface area contributed by atoms with Gasteiger partial charge in [-0.2, -0.15) is 0 Å². The number of ether oxygens (including phenoxy) is 1. The summed E-state index contributed by atoms with van der Waals surface area (Å²) in [6.45, 7) is 6.31. The molecule has 2 atom stereocenters. The molecule has 0 amide bonds. The van der Waals surface area contributed by atoms with Crippen molar-refractivity contribution in [3.63, 3.8) is 0 Å². The second-order valence-corrected chi connectivity index (χ2v) is 6.51. The molecule has 6 heteroatoms. The number of carbonyl (C=O) groups excluding carboxylic acids is 1. The first kappa shape index (κ1) is 15.4. The van der Waals surface area contributed by atoms with Crippen molar-refractivity contribution in [1.82, 2.24) is 4.90 Å². The molecule has 0 N–H and O–H groups in total. The van der Waals surface area contributed by atoms with Gasteiger partial charge in [0.1, 0.15) is 0 Å². The molecule has 4 nitrogen and oxygen atoms in total. The Morgan fingerprint density at radius 3 is 2.89 bits per heavy atom.